The third-order valence-corrected chi connectivity index (χ3v) is 2.46. The number of rotatable bonds is 6. The summed E-state index contributed by atoms with van der Waals surface area (Å²) in [6.45, 7) is 0.0421. The van der Waals surface area contributed by atoms with Gasteiger partial charge in [0, 0.05) is 13.0 Å². The summed E-state index contributed by atoms with van der Waals surface area (Å²) in [6.07, 6.45) is 0.863. The third kappa shape index (κ3) is 6.61. The molecule has 0 aliphatic heterocycles. The van der Waals surface area contributed by atoms with E-state index in [0.717, 1.165) is 6.26 Å². The van der Waals surface area contributed by atoms with Gasteiger partial charge in [-0.3, -0.25) is 9.05 Å². The second-order valence-corrected chi connectivity index (χ2v) is 4.78. The Kier molecular flexibility index (Phi) is 7.23. The topological polar surface area (TPSA) is 44.8 Å². The van der Waals surface area contributed by atoms with Crippen LogP contribution < -0.4 is 0 Å². The predicted octanol–water partition coefficient (Wildman–Crippen LogP) is 3.29. The quantitative estimate of drug-likeness (QED) is 0.422. The highest BCUT2D eigenvalue weighted by atomic mass is 35.5. The molecule has 0 spiro atoms. The lowest BCUT2D eigenvalue weighted by atomic mass is 10.9. The van der Waals surface area contributed by atoms with Gasteiger partial charge in [-0.2, -0.15) is 0 Å². The Labute approximate surface area is 91.3 Å². The fourth-order valence-corrected chi connectivity index (χ4v) is 1.58. The molecule has 78 valence electrons. The lowest BCUT2D eigenvalue weighted by Crippen LogP contribution is -1.97. The molecule has 0 saturated heterocycles. The van der Waals surface area contributed by atoms with Crippen LogP contribution in [-0.4, -0.2) is 19.6 Å². The van der Waals surface area contributed by atoms with Crippen LogP contribution in [0, 0.1) is 0 Å². The number of hydrogen-bond acceptors (Lipinski definition) is 4. The molecule has 1 unspecified atom stereocenters. The van der Waals surface area contributed by atoms with Gasteiger partial charge in [-0.05, 0) is 0 Å². The van der Waals surface area contributed by atoms with E-state index in [2.05, 4.69) is 9.05 Å². The molecule has 0 aromatic heterocycles. The minimum atomic E-state index is -3.60. The zero-order valence-electron chi connectivity index (χ0n) is 6.71. The smallest absolute Gasteiger partial charge is 0.409 e. The third-order valence-electron chi connectivity index (χ3n) is 0.821. The van der Waals surface area contributed by atoms with Gasteiger partial charge in [0.2, 0.25) is 0 Å². The zero-order valence-corrected chi connectivity index (χ0v) is 9.87. The summed E-state index contributed by atoms with van der Waals surface area (Å²) in [6, 6.07) is 0. The molecule has 0 amide bonds. The van der Waals surface area contributed by atoms with Crippen LogP contribution in [0.5, 0.6) is 0 Å². The van der Waals surface area contributed by atoms with Gasteiger partial charge in [-0.25, -0.2) is 4.57 Å². The number of halogens is 3. The van der Waals surface area contributed by atoms with Crippen LogP contribution >= 0.6 is 42.6 Å². The van der Waals surface area contributed by atoms with E-state index in [9.17, 15) is 4.57 Å². The van der Waals surface area contributed by atoms with E-state index in [1.165, 1.54) is 7.11 Å². The number of alkyl halides is 1. The van der Waals surface area contributed by atoms with Crippen molar-refractivity contribution in [1.82, 2.24) is 0 Å². The highest BCUT2D eigenvalue weighted by molar-refractivity contribution is 7.48. The second kappa shape index (κ2) is 6.93. The van der Waals surface area contributed by atoms with Crippen LogP contribution in [0.1, 0.15) is 0 Å². The molecule has 0 aromatic rings. The van der Waals surface area contributed by atoms with E-state index >= 15 is 0 Å². The number of hydrogen-bond donors (Lipinski definition) is 0. The van der Waals surface area contributed by atoms with Crippen molar-refractivity contribution in [3.63, 3.8) is 0 Å². The Balaban J connectivity index is 4.12. The van der Waals surface area contributed by atoms with Gasteiger partial charge in [0.05, 0.1) is 6.61 Å². The van der Waals surface area contributed by atoms with Crippen LogP contribution in [0.2, 0.25) is 0 Å². The van der Waals surface area contributed by atoms with Gasteiger partial charge >= 0.3 is 7.82 Å². The molecule has 0 fully saturated rings. The van der Waals surface area contributed by atoms with Crippen molar-refractivity contribution < 1.29 is 18.1 Å². The SMILES string of the molecule is COP(=O)(OC=C(Cl)Cl)OCCCl. The normalized spacial score (nSPS) is 14.8. The standard InChI is InChI=1S/C5H8Cl3O4P/c1-10-13(9,11-3-2-6)12-4-5(7)8/h4H,2-3H2,1H3. The fourth-order valence-electron chi connectivity index (χ4n) is 0.377. The van der Waals surface area contributed by atoms with E-state index in [1.807, 2.05) is 0 Å². The summed E-state index contributed by atoms with van der Waals surface area (Å²) >= 11 is 15.7. The summed E-state index contributed by atoms with van der Waals surface area (Å²) in [4.78, 5) is 0. The lowest BCUT2D eigenvalue weighted by Gasteiger charge is -2.12. The first-order valence-electron chi connectivity index (χ1n) is 3.10. The first-order chi connectivity index (χ1) is 6.04. The molecule has 0 saturated carbocycles. The summed E-state index contributed by atoms with van der Waals surface area (Å²) in [7, 11) is -2.43. The van der Waals surface area contributed by atoms with Crippen molar-refractivity contribution in [3.8, 4) is 0 Å². The molecule has 1 atom stereocenters. The molecule has 4 nitrogen and oxygen atoms in total. The summed E-state index contributed by atoms with van der Waals surface area (Å²) < 4.78 is 24.9. The predicted molar refractivity (Wildman–Crippen MR) is 52.2 cm³/mol. The molecule has 0 heterocycles. The molecule has 0 aliphatic rings. The van der Waals surface area contributed by atoms with E-state index in [4.69, 9.17) is 39.3 Å². The van der Waals surface area contributed by atoms with Crippen LogP contribution in [0.15, 0.2) is 10.8 Å². The van der Waals surface area contributed by atoms with Gasteiger partial charge in [0.1, 0.15) is 10.8 Å². The summed E-state index contributed by atoms with van der Waals surface area (Å²) in [5, 5.41) is 0. The maximum atomic E-state index is 11.4. The first-order valence-corrected chi connectivity index (χ1v) is 5.85. The van der Waals surface area contributed by atoms with Crippen LogP contribution in [0.3, 0.4) is 0 Å². The van der Waals surface area contributed by atoms with E-state index in [0.29, 0.717) is 0 Å². The molecule has 0 rings (SSSR count). The monoisotopic (exact) mass is 268 g/mol. The highest BCUT2D eigenvalue weighted by Crippen LogP contribution is 2.49. The van der Waals surface area contributed by atoms with Crippen molar-refractivity contribution >= 4 is 42.6 Å². The van der Waals surface area contributed by atoms with E-state index in [1.54, 1.807) is 0 Å². The van der Waals surface area contributed by atoms with Crippen LogP contribution in [0.4, 0.5) is 0 Å². The van der Waals surface area contributed by atoms with Gasteiger partial charge in [0.25, 0.3) is 0 Å². The van der Waals surface area contributed by atoms with Crippen molar-refractivity contribution in [2.75, 3.05) is 19.6 Å². The summed E-state index contributed by atoms with van der Waals surface area (Å²) in [5.74, 6) is 0.176. The largest absolute Gasteiger partial charge is 0.529 e. The number of phosphoric ester groups is 1. The molecule has 0 aliphatic carbocycles. The Morgan fingerprint density at radius 2 is 2.15 bits per heavy atom. The minimum Gasteiger partial charge on any atom is -0.409 e. The maximum Gasteiger partial charge on any atom is 0.529 e. The zero-order chi connectivity index (χ0) is 10.3. The maximum absolute atomic E-state index is 11.4. The van der Waals surface area contributed by atoms with Crippen molar-refractivity contribution in [1.29, 1.82) is 0 Å². The van der Waals surface area contributed by atoms with Crippen molar-refractivity contribution in [2.24, 2.45) is 0 Å². The number of phosphoric acid groups is 1. The molecular weight excluding hydrogens is 261 g/mol. The second-order valence-electron chi connectivity index (χ2n) is 1.66. The molecule has 0 radical (unpaired) electrons. The van der Waals surface area contributed by atoms with Crippen LogP contribution in [-0.2, 0) is 18.1 Å². The average Bonchev–Trinajstić information content (AvgIpc) is 2.11. The van der Waals surface area contributed by atoms with Crippen molar-refractivity contribution in [2.45, 2.75) is 0 Å². The Morgan fingerprint density at radius 3 is 2.54 bits per heavy atom. The van der Waals surface area contributed by atoms with Gasteiger partial charge < -0.3 is 4.52 Å². The Hall–Kier alpha value is 0.560. The molecule has 13 heavy (non-hydrogen) atoms. The van der Waals surface area contributed by atoms with Gasteiger partial charge in [-0.15, -0.1) is 11.6 Å². The Bertz CT molecular complexity index is 216. The molecule has 0 bridgehead atoms. The summed E-state index contributed by atoms with van der Waals surface area (Å²) in [5.41, 5.74) is 0. The molecular formula is C5H8Cl3O4P. The Morgan fingerprint density at radius 1 is 1.54 bits per heavy atom. The van der Waals surface area contributed by atoms with Crippen LogP contribution in [0.25, 0.3) is 0 Å². The fraction of sp³-hybridized carbons (Fsp3) is 0.600. The van der Waals surface area contributed by atoms with E-state index < -0.39 is 7.82 Å². The van der Waals surface area contributed by atoms with Crippen molar-refractivity contribution in [3.05, 3.63) is 10.8 Å². The minimum absolute atomic E-state index is 0.0421. The molecule has 0 aromatic carbocycles. The van der Waals surface area contributed by atoms with E-state index in [-0.39, 0.29) is 17.0 Å². The first kappa shape index (κ1) is 13.6. The lowest BCUT2D eigenvalue weighted by molar-refractivity contribution is 0.173. The highest BCUT2D eigenvalue weighted by Gasteiger charge is 2.24. The van der Waals surface area contributed by atoms with Gasteiger partial charge in [-0.1, -0.05) is 23.2 Å². The molecule has 8 heteroatoms. The van der Waals surface area contributed by atoms with Gasteiger partial charge in [0.15, 0.2) is 0 Å². The molecule has 0 N–H and O–H groups in total. The average molecular weight is 269 g/mol.